The van der Waals surface area contributed by atoms with Crippen LogP contribution in [0.25, 0.3) is 0 Å². The Hall–Kier alpha value is 0.683. The van der Waals surface area contributed by atoms with E-state index >= 15 is 0 Å². The molecular formula is C11H14Cl2Zr. The van der Waals surface area contributed by atoms with Crippen LogP contribution in [0.5, 0.6) is 0 Å². The minimum atomic E-state index is -0.271. The molecule has 76 valence electrons. The molecule has 2 unspecified atom stereocenters. The van der Waals surface area contributed by atoms with Crippen LogP contribution in [-0.4, -0.2) is 0 Å². The Bertz CT molecular complexity index is 246. The van der Waals surface area contributed by atoms with Gasteiger partial charge in [-0.1, -0.05) is 0 Å². The molecule has 0 heterocycles. The van der Waals surface area contributed by atoms with Gasteiger partial charge in [0, 0.05) is 0 Å². The summed E-state index contributed by atoms with van der Waals surface area (Å²) in [5.41, 5.74) is 1.77. The minimum Gasteiger partial charge on any atom is -1.00 e. The van der Waals surface area contributed by atoms with Gasteiger partial charge in [-0.05, 0) is 0 Å². The van der Waals surface area contributed by atoms with E-state index < -0.39 is 0 Å². The van der Waals surface area contributed by atoms with Gasteiger partial charge in [0.1, 0.15) is 0 Å². The number of fused-ring (bicyclic) bond motifs is 1. The molecule has 2 atom stereocenters. The van der Waals surface area contributed by atoms with Crippen LogP contribution < -0.4 is 24.8 Å². The zero-order valence-corrected chi connectivity index (χ0v) is 12.0. The van der Waals surface area contributed by atoms with E-state index in [2.05, 4.69) is 28.6 Å². The molecule has 1 fully saturated rings. The van der Waals surface area contributed by atoms with Crippen molar-refractivity contribution in [1.82, 2.24) is 0 Å². The molecule has 0 N–H and O–H groups in total. The summed E-state index contributed by atoms with van der Waals surface area (Å²) in [6.07, 6.45) is 11.1. The van der Waals surface area contributed by atoms with Gasteiger partial charge in [-0.25, -0.2) is 0 Å². The second-order valence-corrected chi connectivity index (χ2v) is 7.06. The van der Waals surface area contributed by atoms with Crippen molar-refractivity contribution in [3.8, 4) is 0 Å². The maximum atomic E-state index is 3.89. The third-order valence-corrected chi connectivity index (χ3v) is 5.94. The summed E-state index contributed by atoms with van der Waals surface area (Å²) < 4.78 is 3.22. The first-order valence-electron chi connectivity index (χ1n) is 4.65. The number of halogens is 2. The Morgan fingerprint density at radius 3 is 2.86 bits per heavy atom. The van der Waals surface area contributed by atoms with Crippen LogP contribution in [0.4, 0.5) is 0 Å². The van der Waals surface area contributed by atoms with E-state index in [1.807, 2.05) is 0 Å². The van der Waals surface area contributed by atoms with E-state index in [1.165, 1.54) is 19.3 Å². The van der Waals surface area contributed by atoms with Crippen LogP contribution >= 0.6 is 0 Å². The standard InChI is InChI=1S/C9H11.C2H3.2ClH.Zr/c1-2-5-9-7-3-6-8(9)4-1;1-2;;;/h1-2,4,6,9H,3,5,7H2;1H,2H2;2*1H;/q;;;;+2/p-2. The second-order valence-electron chi connectivity index (χ2n) is 3.53. The van der Waals surface area contributed by atoms with Crippen molar-refractivity contribution in [3.05, 3.63) is 34.2 Å². The van der Waals surface area contributed by atoms with Crippen molar-refractivity contribution in [2.24, 2.45) is 5.92 Å². The first-order chi connectivity index (χ1) is 5.92. The van der Waals surface area contributed by atoms with Crippen molar-refractivity contribution in [3.63, 3.8) is 0 Å². The fourth-order valence-corrected chi connectivity index (χ4v) is 5.04. The van der Waals surface area contributed by atoms with Crippen LogP contribution in [0.2, 0.25) is 3.63 Å². The van der Waals surface area contributed by atoms with Gasteiger partial charge in [-0.3, -0.25) is 0 Å². The average molecular weight is 308 g/mol. The number of hydrogen-bond donors (Lipinski definition) is 0. The molecule has 0 aromatic carbocycles. The van der Waals surface area contributed by atoms with Crippen molar-refractivity contribution >= 4 is 0 Å². The first kappa shape index (κ1) is 14.7. The van der Waals surface area contributed by atoms with Gasteiger partial charge in [0.2, 0.25) is 0 Å². The van der Waals surface area contributed by atoms with Crippen molar-refractivity contribution in [2.75, 3.05) is 0 Å². The maximum absolute atomic E-state index is 3.89. The van der Waals surface area contributed by atoms with Crippen LogP contribution in [0, 0.1) is 5.92 Å². The summed E-state index contributed by atoms with van der Waals surface area (Å²) in [6, 6.07) is 0. The van der Waals surface area contributed by atoms with Gasteiger partial charge >= 0.3 is 86.2 Å². The van der Waals surface area contributed by atoms with Gasteiger partial charge in [-0.2, -0.15) is 0 Å². The Kier molecular flexibility index (Phi) is 7.38. The molecule has 1 saturated carbocycles. The summed E-state index contributed by atoms with van der Waals surface area (Å²) >= 11 is -0.271. The Balaban J connectivity index is 0.000000845. The van der Waals surface area contributed by atoms with Crippen LogP contribution in [0.1, 0.15) is 19.3 Å². The SMILES string of the molecule is C=[CH][Zr+2][CH]1CCC2CC=CC=C21.[Cl-].[Cl-]. The van der Waals surface area contributed by atoms with E-state index in [-0.39, 0.29) is 48.0 Å². The topological polar surface area (TPSA) is 0 Å². The summed E-state index contributed by atoms with van der Waals surface area (Å²) in [7, 11) is 0. The fourth-order valence-electron chi connectivity index (χ4n) is 2.24. The van der Waals surface area contributed by atoms with Crippen LogP contribution in [-0.2, 0) is 23.2 Å². The van der Waals surface area contributed by atoms with E-state index in [4.69, 9.17) is 0 Å². The van der Waals surface area contributed by atoms with E-state index in [1.54, 1.807) is 5.57 Å². The summed E-state index contributed by atoms with van der Waals surface area (Å²) in [6.45, 7) is 3.89. The molecule has 0 radical (unpaired) electrons. The first-order valence-corrected chi connectivity index (χ1v) is 7.49. The molecule has 0 nitrogen and oxygen atoms in total. The minimum absolute atomic E-state index is 0. The molecule has 0 aromatic heterocycles. The molecule has 0 aliphatic heterocycles. The third kappa shape index (κ3) is 3.09. The number of rotatable bonds is 2. The van der Waals surface area contributed by atoms with Crippen molar-refractivity contribution < 1.29 is 48.0 Å². The molecule has 14 heavy (non-hydrogen) atoms. The number of allylic oxidation sites excluding steroid dienone is 4. The monoisotopic (exact) mass is 306 g/mol. The van der Waals surface area contributed by atoms with Gasteiger partial charge in [0.05, 0.1) is 0 Å². The molecule has 2 aliphatic carbocycles. The molecule has 3 heteroatoms. The predicted octanol–water partition coefficient (Wildman–Crippen LogP) is -2.69. The predicted molar refractivity (Wildman–Crippen MR) is 48.5 cm³/mol. The average Bonchev–Trinajstić information content (AvgIpc) is 2.50. The van der Waals surface area contributed by atoms with Crippen molar-refractivity contribution in [1.29, 1.82) is 0 Å². The molecule has 2 aliphatic rings. The molecule has 0 bridgehead atoms. The molecule has 0 spiro atoms. The summed E-state index contributed by atoms with van der Waals surface area (Å²) in [4.78, 5) is 0. The molecular weight excluding hydrogens is 294 g/mol. The Labute approximate surface area is 110 Å². The van der Waals surface area contributed by atoms with Gasteiger partial charge in [-0.15, -0.1) is 0 Å². The fraction of sp³-hybridized carbons (Fsp3) is 0.455. The van der Waals surface area contributed by atoms with Crippen LogP contribution in [0.15, 0.2) is 34.2 Å². The Morgan fingerprint density at radius 1 is 1.36 bits per heavy atom. The smallest absolute Gasteiger partial charge is 1.00 e. The molecule has 0 amide bonds. The zero-order chi connectivity index (χ0) is 8.39. The van der Waals surface area contributed by atoms with Crippen molar-refractivity contribution in [2.45, 2.75) is 22.9 Å². The number of hydrogen-bond acceptors (Lipinski definition) is 0. The zero-order valence-electron chi connectivity index (χ0n) is 8.05. The van der Waals surface area contributed by atoms with Gasteiger partial charge in [0.15, 0.2) is 0 Å². The van der Waals surface area contributed by atoms with E-state index in [9.17, 15) is 0 Å². The second kappa shape index (κ2) is 7.04. The van der Waals surface area contributed by atoms with Gasteiger partial charge in [0.25, 0.3) is 0 Å². The summed E-state index contributed by atoms with van der Waals surface area (Å²) in [5.74, 6) is 0.917. The summed E-state index contributed by atoms with van der Waals surface area (Å²) in [5, 5.41) is 0. The largest absolute Gasteiger partial charge is 1.00 e. The van der Waals surface area contributed by atoms with E-state index in [0.717, 1.165) is 9.54 Å². The third-order valence-electron chi connectivity index (χ3n) is 2.84. The normalized spacial score (nSPS) is 27.6. The maximum Gasteiger partial charge on any atom is -1.00 e. The van der Waals surface area contributed by atoms with Gasteiger partial charge < -0.3 is 24.8 Å². The molecule has 0 aromatic rings. The van der Waals surface area contributed by atoms with E-state index in [0.29, 0.717) is 0 Å². The Morgan fingerprint density at radius 2 is 2.14 bits per heavy atom. The van der Waals surface area contributed by atoms with Crippen LogP contribution in [0.3, 0.4) is 0 Å². The quantitative estimate of drug-likeness (QED) is 0.521. The molecule has 2 rings (SSSR count). The molecule has 0 saturated heterocycles.